The van der Waals surface area contributed by atoms with Gasteiger partial charge in [0, 0.05) is 47.3 Å². The number of hydrogen-bond donors (Lipinski definition) is 2. The number of nitrogens with zero attached hydrogens (tertiary/aromatic N) is 4. The molecule has 6 rings (SSSR count). The fraction of sp³-hybridized carbons (Fsp3) is 0. The molecule has 41 heavy (non-hydrogen) atoms. The fourth-order valence-electron chi connectivity index (χ4n) is 4.82. The molecule has 3 N–H and O–H groups in total. The molecule has 1 aliphatic carbocycles. The minimum atomic E-state index is 0.317. The van der Waals surface area contributed by atoms with E-state index in [1.54, 1.807) is 17.8 Å². The topological polar surface area (TPSA) is 72.2 Å². The van der Waals surface area contributed by atoms with Gasteiger partial charge in [0.15, 0.2) is 11.4 Å². The number of allylic oxidation sites excluding steroid dienone is 4. The van der Waals surface area contributed by atoms with Crippen LogP contribution in [0.25, 0.3) is 0 Å². The second kappa shape index (κ2) is 12.1. The van der Waals surface area contributed by atoms with Crippen LogP contribution in [0.2, 0.25) is 0 Å². The van der Waals surface area contributed by atoms with Crippen molar-refractivity contribution in [2.45, 2.75) is 0 Å². The van der Waals surface area contributed by atoms with Gasteiger partial charge in [-0.3, -0.25) is 10.4 Å². The predicted octanol–water partition coefficient (Wildman–Crippen LogP) is 7.11. The highest BCUT2D eigenvalue weighted by Gasteiger charge is 2.31. The van der Waals surface area contributed by atoms with Gasteiger partial charge in [-0.2, -0.15) is 5.43 Å². The molecular formula is C35H29N6+. The molecule has 4 aromatic carbocycles. The molecule has 0 aliphatic heterocycles. The Morgan fingerprint density at radius 2 is 0.902 bits per heavy atom. The van der Waals surface area contributed by atoms with Crippen LogP contribution < -0.4 is 15.2 Å². The molecule has 0 unspecified atom stereocenters. The van der Waals surface area contributed by atoms with E-state index in [2.05, 4.69) is 69.4 Å². The Balaban J connectivity index is 1.54. The number of quaternary nitrogens is 1. The molecule has 0 bridgehead atoms. The normalized spacial score (nSPS) is 13.9. The summed E-state index contributed by atoms with van der Waals surface area (Å²) in [5.74, 6) is 0. The molecule has 1 heterocycles. The molecule has 0 amide bonds. The number of nitrogens with one attached hydrogen (secondary N) is 1. The number of nitrogens with two attached hydrogens (primary N) is 1. The van der Waals surface area contributed by atoms with Crippen molar-refractivity contribution in [3.63, 3.8) is 0 Å². The van der Waals surface area contributed by atoms with Crippen molar-refractivity contribution in [3.8, 4) is 0 Å². The van der Waals surface area contributed by atoms with Gasteiger partial charge in [-0.15, -0.1) is 0 Å². The first kappa shape index (κ1) is 25.7. The Morgan fingerprint density at radius 3 is 1.34 bits per heavy atom. The highest BCUT2D eigenvalue weighted by Crippen LogP contribution is 2.36. The molecule has 0 spiro atoms. The second-order valence-corrected chi connectivity index (χ2v) is 9.38. The highest BCUT2D eigenvalue weighted by molar-refractivity contribution is 6.54. The molecule has 1 aromatic heterocycles. The van der Waals surface area contributed by atoms with Gasteiger partial charge in [0.25, 0.3) is 0 Å². The molecule has 0 fully saturated rings. The van der Waals surface area contributed by atoms with Crippen LogP contribution in [0, 0.1) is 5.41 Å². The average Bonchev–Trinajstić information content (AvgIpc) is 3.05. The summed E-state index contributed by atoms with van der Waals surface area (Å²) in [6.45, 7) is 0. The maximum absolute atomic E-state index is 9.61. The number of anilines is 4. The van der Waals surface area contributed by atoms with Crippen molar-refractivity contribution in [2.75, 3.05) is 9.80 Å². The monoisotopic (exact) mass is 533 g/mol. The first-order valence-corrected chi connectivity index (χ1v) is 13.4. The summed E-state index contributed by atoms with van der Waals surface area (Å²) in [6.07, 6.45) is 7.56. The molecule has 0 saturated heterocycles. The average molecular weight is 534 g/mol. The van der Waals surface area contributed by atoms with Crippen LogP contribution in [0.3, 0.4) is 0 Å². The number of pyridine rings is 1. The molecule has 198 valence electrons. The van der Waals surface area contributed by atoms with E-state index in [4.69, 9.17) is 5.10 Å². The molecule has 0 radical (unpaired) electrons. The zero-order valence-corrected chi connectivity index (χ0v) is 22.4. The van der Waals surface area contributed by atoms with Gasteiger partial charge in [-0.25, -0.2) is 0 Å². The van der Waals surface area contributed by atoms with Crippen molar-refractivity contribution >= 4 is 39.9 Å². The Bertz CT molecular complexity index is 1620. The van der Waals surface area contributed by atoms with Gasteiger partial charge in [0.1, 0.15) is 5.71 Å². The first-order chi connectivity index (χ1) is 20.3. The number of hydrogen-bond acceptors (Lipinski definition) is 5. The molecule has 6 nitrogen and oxygen atoms in total. The molecule has 1 aliphatic rings. The third-order valence-corrected chi connectivity index (χ3v) is 6.72. The lowest BCUT2D eigenvalue weighted by Gasteiger charge is -2.33. The minimum Gasteiger partial charge on any atom is -0.308 e. The first-order valence-electron chi connectivity index (χ1n) is 13.4. The highest BCUT2D eigenvalue weighted by atomic mass is 15.3. The zero-order valence-electron chi connectivity index (χ0n) is 22.4. The van der Waals surface area contributed by atoms with Gasteiger partial charge in [0.05, 0.1) is 11.4 Å². The van der Waals surface area contributed by atoms with Crippen LogP contribution in [0.15, 0.2) is 175 Å². The van der Waals surface area contributed by atoms with E-state index >= 15 is 0 Å². The van der Waals surface area contributed by atoms with Crippen molar-refractivity contribution in [3.05, 3.63) is 169 Å². The van der Waals surface area contributed by atoms with Crippen molar-refractivity contribution in [1.29, 1.82) is 5.41 Å². The van der Waals surface area contributed by atoms with Crippen LogP contribution >= 0.6 is 0 Å². The van der Waals surface area contributed by atoms with E-state index in [0.29, 0.717) is 11.4 Å². The SMILES string of the molecule is N=C1C(N(c2ccccc2)c2ccccc2)=CC=C(N(c2ccccc2)c2ccccc2)C1=N[NH2+]c1ccncc1. The minimum absolute atomic E-state index is 0.317. The standard InChI is InChI=1S/C35H28N6/c36-34-32(40(28-13-5-1-6-14-28)29-15-7-2-8-16-29)21-22-33(35(34)39-38-27-23-25-37-26-24-27)41(30-17-9-3-10-18-30)31-19-11-4-12-20-31/h1-26,36H,(H,37,38)/p+1. The number of para-hydroxylation sites is 4. The lowest BCUT2D eigenvalue weighted by Crippen LogP contribution is -2.72. The number of benzene rings is 4. The van der Waals surface area contributed by atoms with Gasteiger partial charge < -0.3 is 9.80 Å². The molecule has 0 saturated carbocycles. The Labute approximate surface area is 239 Å². The van der Waals surface area contributed by atoms with Gasteiger partial charge >= 0.3 is 0 Å². The fourth-order valence-corrected chi connectivity index (χ4v) is 4.82. The largest absolute Gasteiger partial charge is 0.308 e. The third kappa shape index (κ3) is 5.59. The summed E-state index contributed by atoms with van der Waals surface area (Å²) >= 11 is 0. The Kier molecular flexibility index (Phi) is 7.56. The quantitative estimate of drug-likeness (QED) is 0.127. The van der Waals surface area contributed by atoms with Crippen LogP contribution in [0.5, 0.6) is 0 Å². The number of aromatic nitrogens is 1. The Hall–Kier alpha value is -5.59. The summed E-state index contributed by atoms with van der Waals surface area (Å²) < 4.78 is 0. The van der Waals surface area contributed by atoms with E-state index in [-0.39, 0.29) is 0 Å². The van der Waals surface area contributed by atoms with Gasteiger partial charge in [-0.1, -0.05) is 77.9 Å². The third-order valence-electron chi connectivity index (χ3n) is 6.72. The van der Waals surface area contributed by atoms with E-state index in [1.807, 2.05) is 91.0 Å². The predicted molar refractivity (Wildman–Crippen MR) is 167 cm³/mol. The summed E-state index contributed by atoms with van der Waals surface area (Å²) in [5, 5.41) is 14.6. The maximum Gasteiger partial charge on any atom is 0.170 e. The van der Waals surface area contributed by atoms with Crippen LogP contribution in [-0.4, -0.2) is 16.4 Å². The van der Waals surface area contributed by atoms with Crippen LogP contribution in [0.1, 0.15) is 0 Å². The van der Waals surface area contributed by atoms with E-state index in [0.717, 1.165) is 39.8 Å². The van der Waals surface area contributed by atoms with Crippen LogP contribution in [0.4, 0.5) is 28.4 Å². The van der Waals surface area contributed by atoms with Gasteiger partial charge in [0.2, 0.25) is 0 Å². The van der Waals surface area contributed by atoms with Crippen molar-refractivity contribution < 1.29 is 5.43 Å². The summed E-state index contributed by atoms with van der Waals surface area (Å²) in [6, 6.07) is 44.5. The van der Waals surface area contributed by atoms with Gasteiger partial charge in [-0.05, 0) is 60.7 Å². The molecular weight excluding hydrogens is 504 g/mol. The summed E-state index contributed by atoms with van der Waals surface area (Å²) in [5.41, 5.74) is 9.01. The van der Waals surface area contributed by atoms with Crippen molar-refractivity contribution in [1.82, 2.24) is 4.98 Å². The van der Waals surface area contributed by atoms with Crippen LogP contribution in [-0.2, 0) is 0 Å². The van der Waals surface area contributed by atoms with E-state index in [9.17, 15) is 5.41 Å². The van der Waals surface area contributed by atoms with E-state index < -0.39 is 0 Å². The molecule has 6 heteroatoms. The van der Waals surface area contributed by atoms with Crippen molar-refractivity contribution in [2.24, 2.45) is 5.10 Å². The lowest BCUT2D eigenvalue weighted by atomic mass is 9.98. The molecule has 5 aromatic rings. The molecule has 0 atom stereocenters. The number of rotatable bonds is 8. The zero-order chi connectivity index (χ0) is 27.9. The van der Waals surface area contributed by atoms with E-state index in [1.165, 1.54) is 0 Å². The summed E-state index contributed by atoms with van der Waals surface area (Å²) in [4.78, 5) is 8.39. The lowest BCUT2D eigenvalue weighted by molar-refractivity contribution is -0.577. The summed E-state index contributed by atoms with van der Waals surface area (Å²) in [7, 11) is 0. The Morgan fingerprint density at radius 1 is 0.512 bits per heavy atom. The smallest absolute Gasteiger partial charge is 0.170 e. The maximum atomic E-state index is 9.61. The second-order valence-electron chi connectivity index (χ2n) is 9.38.